The smallest absolute Gasteiger partial charge is 0.251 e. The zero-order valence-corrected chi connectivity index (χ0v) is 13.9. The third-order valence-electron chi connectivity index (χ3n) is 3.51. The van der Waals surface area contributed by atoms with Gasteiger partial charge in [-0.05, 0) is 43.9 Å². The first kappa shape index (κ1) is 16.5. The summed E-state index contributed by atoms with van der Waals surface area (Å²) < 4.78 is 12.0. The van der Waals surface area contributed by atoms with Gasteiger partial charge in [-0.25, -0.2) is 0 Å². The standard InChI is InChI=1S/C16H22BrNO3/c1-12-5-6-13(10-15(12)17)16(19)18-7-3-8-20-11-14-4-2-9-21-14/h5-6,10,14H,2-4,7-9,11H2,1H3,(H,18,19). The van der Waals surface area contributed by atoms with Crippen LogP contribution in [0.1, 0.15) is 35.2 Å². The summed E-state index contributed by atoms with van der Waals surface area (Å²) in [5, 5.41) is 2.90. The van der Waals surface area contributed by atoms with Gasteiger partial charge < -0.3 is 14.8 Å². The molecular weight excluding hydrogens is 334 g/mol. The molecule has 1 heterocycles. The van der Waals surface area contributed by atoms with Gasteiger partial charge in [0.1, 0.15) is 0 Å². The number of nitrogens with one attached hydrogen (secondary N) is 1. The fourth-order valence-corrected chi connectivity index (χ4v) is 2.58. The average molecular weight is 356 g/mol. The van der Waals surface area contributed by atoms with E-state index in [-0.39, 0.29) is 12.0 Å². The molecule has 0 spiro atoms. The molecule has 1 saturated heterocycles. The van der Waals surface area contributed by atoms with Crippen LogP contribution in [0.4, 0.5) is 0 Å². The zero-order chi connectivity index (χ0) is 15.1. The molecule has 1 fully saturated rings. The van der Waals surface area contributed by atoms with Gasteiger partial charge in [0, 0.05) is 29.8 Å². The van der Waals surface area contributed by atoms with Gasteiger partial charge in [-0.1, -0.05) is 22.0 Å². The number of carbonyl (C=O) groups is 1. The molecule has 1 aromatic carbocycles. The van der Waals surface area contributed by atoms with Crippen molar-refractivity contribution in [2.75, 3.05) is 26.4 Å². The van der Waals surface area contributed by atoms with Crippen molar-refractivity contribution in [2.45, 2.75) is 32.3 Å². The van der Waals surface area contributed by atoms with Gasteiger partial charge in [-0.2, -0.15) is 0 Å². The topological polar surface area (TPSA) is 47.6 Å². The van der Waals surface area contributed by atoms with Crippen molar-refractivity contribution in [2.24, 2.45) is 0 Å². The molecule has 4 nitrogen and oxygen atoms in total. The van der Waals surface area contributed by atoms with Crippen LogP contribution in [0, 0.1) is 6.92 Å². The molecule has 1 N–H and O–H groups in total. The van der Waals surface area contributed by atoms with Crippen LogP contribution in [-0.2, 0) is 9.47 Å². The highest BCUT2D eigenvalue weighted by Crippen LogP contribution is 2.17. The number of hydrogen-bond donors (Lipinski definition) is 1. The molecule has 2 rings (SSSR count). The summed E-state index contributed by atoms with van der Waals surface area (Å²) in [7, 11) is 0. The van der Waals surface area contributed by atoms with E-state index in [0.717, 1.165) is 35.9 Å². The minimum atomic E-state index is -0.0465. The van der Waals surface area contributed by atoms with Crippen LogP contribution in [0.3, 0.4) is 0 Å². The van der Waals surface area contributed by atoms with Gasteiger partial charge in [0.2, 0.25) is 0 Å². The largest absolute Gasteiger partial charge is 0.379 e. The number of benzene rings is 1. The molecule has 1 aliphatic heterocycles. The van der Waals surface area contributed by atoms with Crippen LogP contribution in [0.2, 0.25) is 0 Å². The van der Waals surface area contributed by atoms with E-state index >= 15 is 0 Å². The van der Waals surface area contributed by atoms with Crippen molar-refractivity contribution >= 4 is 21.8 Å². The molecule has 5 heteroatoms. The lowest BCUT2D eigenvalue weighted by Crippen LogP contribution is -2.25. The molecule has 0 bridgehead atoms. The summed E-state index contributed by atoms with van der Waals surface area (Å²) in [5.74, 6) is -0.0465. The first-order valence-corrected chi connectivity index (χ1v) is 8.20. The quantitative estimate of drug-likeness (QED) is 0.764. The number of hydrogen-bond acceptors (Lipinski definition) is 3. The Labute approximate surface area is 134 Å². The van der Waals surface area contributed by atoms with E-state index in [1.165, 1.54) is 0 Å². The van der Waals surface area contributed by atoms with Crippen molar-refractivity contribution < 1.29 is 14.3 Å². The summed E-state index contributed by atoms with van der Waals surface area (Å²) >= 11 is 3.44. The van der Waals surface area contributed by atoms with Crippen LogP contribution in [0.15, 0.2) is 22.7 Å². The number of halogens is 1. The number of rotatable bonds is 7. The van der Waals surface area contributed by atoms with Crippen molar-refractivity contribution in [3.05, 3.63) is 33.8 Å². The Morgan fingerprint density at radius 3 is 3.10 bits per heavy atom. The van der Waals surface area contributed by atoms with E-state index in [2.05, 4.69) is 21.2 Å². The minimum Gasteiger partial charge on any atom is -0.379 e. The molecule has 1 aromatic rings. The Hall–Kier alpha value is -0.910. The molecule has 1 amide bonds. The van der Waals surface area contributed by atoms with Crippen LogP contribution in [0.5, 0.6) is 0 Å². The predicted molar refractivity (Wildman–Crippen MR) is 85.6 cm³/mol. The van der Waals surface area contributed by atoms with Crippen LogP contribution >= 0.6 is 15.9 Å². The first-order valence-electron chi connectivity index (χ1n) is 7.40. The summed E-state index contributed by atoms with van der Waals surface area (Å²) in [6.45, 7) is 4.79. The van der Waals surface area contributed by atoms with Crippen LogP contribution in [0.25, 0.3) is 0 Å². The van der Waals surface area contributed by atoms with Gasteiger partial charge in [-0.3, -0.25) is 4.79 Å². The molecule has 1 atom stereocenters. The van der Waals surface area contributed by atoms with Gasteiger partial charge in [0.05, 0.1) is 12.7 Å². The molecule has 0 aromatic heterocycles. The monoisotopic (exact) mass is 355 g/mol. The van der Waals surface area contributed by atoms with Crippen molar-refractivity contribution in [1.29, 1.82) is 0 Å². The van der Waals surface area contributed by atoms with E-state index in [4.69, 9.17) is 9.47 Å². The summed E-state index contributed by atoms with van der Waals surface area (Å²) in [5.41, 5.74) is 1.79. The Balaban J connectivity index is 1.59. The normalized spacial score (nSPS) is 17.9. The summed E-state index contributed by atoms with van der Waals surface area (Å²) in [6.07, 6.45) is 3.31. The highest BCUT2D eigenvalue weighted by atomic mass is 79.9. The lowest BCUT2D eigenvalue weighted by atomic mass is 10.1. The molecule has 21 heavy (non-hydrogen) atoms. The number of aryl methyl sites for hydroxylation is 1. The van der Waals surface area contributed by atoms with Gasteiger partial charge in [-0.15, -0.1) is 0 Å². The lowest BCUT2D eigenvalue weighted by Gasteiger charge is -2.10. The molecule has 0 saturated carbocycles. The third-order valence-corrected chi connectivity index (χ3v) is 4.37. The Bertz CT molecular complexity index is 473. The van der Waals surface area contributed by atoms with E-state index in [1.807, 2.05) is 25.1 Å². The highest BCUT2D eigenvalue weighted by Gasteiger charge is 2.14. The fraction of sp³-hybridized carbons (Fsp3) is 0.562. The van der Waals surface area contributed by atoms with E-state index < -0.39 is 0 Å². The number of carbonyl (C=O) groups excluding carboxylic acids is 1. The molecule has 0 radical (unpaired) electrons. The van der Waals surface area contributed by atoms with E-state index in [9.17, 15) is 4.79 Å². The van der Waals surface area contributed by atoms with E-state index in [0.29, 0.717) is 25.3 Å². The third kappa shape index (κ3) is 5.41. The average Bonchev–Trinajstić information content (AvgIpc) is 2.98. The maximum atomic E-state index is 12.0. The highest BCUT2D eigenvalue weighted by molar-refractivity contribution is 9.10. The van der Waals surface area contributed by atoms with Gasteiger partial charge >= 0.3 is 0 Å². The van der Waals surface area contributed by atoms with Crippen molar-refractivity contribution in [1.82, 2.24) is 5.32 Å². The first-order chi connectivity index (χ1) is 10.2. The molecule has 1 unspecified atom stereocenters. The summed E-state index contributed by atoms with van der Waals surface area (Å²) in [4.78, 5) is 12.0. The fourth-order valence-electron chi connectivity index (χ4n) is 2.20. The van der Waals surface area contributed by atoms with Crippen molar-refractivity contribution in [3.8, 4) is 0 Å². The number of ether oxygens (including phenoxy) is 2. The predicted octanol–water partition coefficient (Wildman–Crippen LogP) is 3.07. The Morgan fingerprint density at radius 2 is 2.38 bits per heavy atom. The van der Waals surface area contributed by atoms with Crippen molar-refractivity contribution in [3.63, 3.8) is 0 Å². The molecular formula is C16H22BrNO3. The molecule has 116 valence electrons. The zero-order valence-electron chi connectivity index (χ0n) is 12.4. The second-order valence-corrected chi connectivity index (χ2v) is 6.14. The number of amides is 1. The van der Waals surface area contributed by atoms with Crippen LogP contribution < -0.4 is 5.32 Å². The Kier molecular flexibility index (Phi) is 6.67. The van der Waals surface area contributed by atoms with Gasteiger partial charge in [0.25, 0.3) is 5.91 Å². The second-order valence-electron chi connectivity index (χ2n) is 5.28. The van der Waals surface area contributed by atoms with Crippen LogP contribution in [-0.4, -0.2) is 38.4 Å². The SMILES string of the molecule is Cc1ccc(C(=O)NCCCOCC2CCCO2)cc1Br. The maximum Gasteiger partial charge on any atom is 0.251 e. The second kappa shape index (κ2) is 8.51. The minimum absolute atomic E-state index is 0.0465. The molecule has 1 aliphatic rings. The Morgan fingerprint density at radius 1 is 1.52 bits per heavy atom. The lowest BCUT2D eigenvalue weighted by molar-refractivity contribution is 0.0166. The maximum absolute atomic E-state index is 12.0. The van der Waals surface area contributed by atoms with Gasteiger partial charge in [0.15, 0.2) is 0 Å². The van der Waals surface area contributed by atoms with E-state index in [1.54, 1.807) is 0 Å². The summed E-state index contributed by atoms with van der Waals surface area (Å²) in [6, 6.07) is 5.62. The molecule has 0 aliphatic carbocycles.